The van der Waals surface area contributed by atoms with E-state index in [-0.39, 0.29) is 50.7 Å². The fourth-order valence-corrected chi connectivity index (χ4v) is 6.57. The molecule has 0 aliphatic heterocycles. The fraction of sp³-hybridized carbons (Fsp3) is 0.816. The number of esters is 2. The maximum absolute atomic E-state index is 12.6. The van der Waals surface area contributed by atoms with Crippen molar-refractivity contribution in [2.75, 3.05) is 52.7 Å². The van der Waals surface area contributed by atoms with Crippen LogP contribution >= 0.6 is 0 Å². The summed E-state index contributed by atoms with van der Waals surface area (Å²) in [5, 5.41) is 0. The summed E-state index contributed by atoms with van der Waals surface area (Å²) in [4.78, 5) is 39.7. The van der Waals surface area contributed by atoms with Gasteiger partial charge in [0.1, 0.15) is 13.2 Å². The average molecular weight is 820 g/mol. The van der Waals surface area contributed by atoms with Crippen molar-refractivity contribution in [1.82, 2.24) is 4.90 Å². The predicted octanol–water partition coefficient (Wildman–Crippen LogP) is 13.3. The molecule has 0 aromatic carbocycles. The van der Waals surface area contributed by atoms with E-state index >= 15 is 0 Å². The van der Waals surface area contributed by atoms with Crippen molar-refractivity contribution >= 4 is 18.1 Å². The first-order valence-electron chi connectivity index (χ1n) is 23.7. The van der Waals surface area contributed by atoms with Crippen molar-refractivity contribution in [3.63, 3.8) is 0 Å². The van der Waals surface area contributed by atoms with E-state index in [9.17, 15) is 14.4 Å². The van der Waals surface area contributed by atoms with Crippen LogP contribution in [0.4, 0.5) is 4.79 Å². The number of nitrogens with zero attached hydrogens (tertiary/aromatic N) is 1. The number of carbonyl (C=O) groups is 3. The summed E-state index contributed by atoms with van der Waals surface area (Å²) in [6, 6.07) is 0. The fourth-order valence-electron chi connectivity index (χ4n) is 6.57. The number of ether oxygens (including phenoxy) is 5. The van der Waals surface area contributed by atoms with E-state index in [2.05, 4.69) is 70.4 Å². The van der Waals surface area contributed by atoms with Gasteiger partial charge in [0.05, 0.1) is 31.5 Å². The molecule has 0 saturated heterocycles. The second-order valence-corrected chi connectivity index (χ2v) is 15.9. The van der Waals surface area contributed by atoms with Crippen molar-refractivity contribution in [2.45, 2.75) is 195 Å². The minimum absolute atomic E-state index is 0.00280. The summed E-state index contributed by atoms with van der Waals surface area (Å²) < 4.78 is 27.9. The summed E-state index contributed by atoms with van der Waals surface area (Å²) in [6.07, 6.45) is 33.9. The highest BCUT2D eigenvalue weighted by atomic mass is 16.7. The van der Waals surface area contributed by atoms with Crippen LogP contribution in [0.15, 0.2) is 36.6 Å². The van der Waals surface area contributed by atoms with Crippen molar-refractivity contribution in [2.24, 2.45) is 11.8 Å². The molecule has 58 heavy (non-hydrogen) atoms. The first-order chi connectivity index (χ1) is 28.3. The molecule has 0 aromatic heterocycles. The molecular formula is C49H89NO8. The molecule has 2 atom stereocenters. The molecule has 0 fully saturated rings. The minimum atomic E-state index is -0.736. The molecule has 0 heterocycles. The zero-order chi connectivity index (χ0) is 42.7. The molecule has 2 unspecified atom stereocenters. The predicted molar refractivity (Wildman–Crippen MR) is 240 cm³/mol. The third kappa shape index (κ3) is 37.5. The van der Waals surface area contributed by atoms with Crippen LogP contribution in [0.2, 0.25) is 0 Å². The lowest BCUT2D eigenvalue weighted by atomic mass is 9.96. The Balaban J connectivity index is 4.58. The number of unbranched alkanes of at least 4 members (excludes halogenated alkanes) is 13. The van der Waals surface area contributed by atoms with Gasteiger partial charge >= 0.3 is 18.1 Å². The summed E-state index contributed by atoms with van der Waals surface area (Å²) in [6.45, 7) is 18.7. The minimum Gasteiger partial charge on any atom is -0.498 e. The molecule has 0 aliphatic carbocycles. The van der Waals surface area contributed by atoms with E-state index in [0.29, 0.717) is 37.5 Å². The van der Waals surface area contributed by atoms with E-state index in [1.165, 1.54) is 70.6 Å². The van der Waals surface area contributed by atoms with Gasteiger partial charge in [-0.05, 0) is 89.6 Å². The molecular weight excluding hydrogens is 731 g/mol. The van der Waals surface area contributed by atoms with Crippen LogP contribution in [-0.4, -0.2) is 75.7 Å². The maximum Gasteiger partial charge on any atom is 0.508 e. The zero-order valence-electron chi connectivity index (χ0n) is 38.2. The molecule has 9 nitrogen and oxygen atoms in total. The zero-order valence-corrected chi connectivity index (χ0v) is 38.2. The molecule has 338 valence electrons. The topological polar surface area (TPSA) is 101 Å². The normalized spacial score (nSPS) is 12.6. The van der Waals surface area contributed by atoms with Crippen LogP contribution in [-0.2, 0) is 33.3 Å². The highest BCUT2D eigenvalue weighted by Crippen LogP contribution is 2.19. The van der Waals surface area contributed by atoms with Gasteiger partial charge in [-0.15, -0.1) is 0 Å². The van der Waals surface area contributed by atoms with Gasteiger partial charge in [-0.3, -0.25) is 9.59 Å². The molecule has 0 amide bonds. The molecule has 0 N–H and O–H groups in total. The molecule has 0 radical (unpaired) electrons. The number of allylic oxidation sites excluding steroid dienone is 5. The molecule has 0 aromatic rings. The van der Waals surface area contributed by atoms with Gasteiger partial charge < -0.3 is 28.6 Å². The summed E-state index contributed by atoms with van der Waals surface area (Å²) in [5.74, 6) is 0.191. The first-order valence-corrected chi connectivity index (χ1v) is 23.7. The standard InChI is InChI=1S/C49H89NO8/c1-7-12-15-17-18-19-20-21-22-23-24-25-26-27-28-33-44(6)55-41-46(43-58-49(53)54-39-32-38-50(10-4)11-5)42-57-48(52)37-31-30-36-47(51)56-40-45(34-14-9-3)35-29-16-13-8-2/h18-19,21-22,45-46H,6-17,20,23-43H2,1-5H3/b19-18-,22-21-. The Hall–Kier alpha value is -2.81. The van der Waals surface area contributed by atoms with Crippen LogP contribution in [0.1, 0.15) is 195 Å². The molecule has 0 spiro atoms. The molecule has 0 aliphatic rings. The molecule has 0 saturated carbocycles. The Morgan fingerprint density at radius 2 is 1.00 bits per heavy atom. The average Bonchev–Trinajstić information content (AvgIpc) is 3.22. The van der Waals surface area contributed by atoms with Crippen molar-refractivity contribution in [3.05, 3.63) is 36.6 Å². The van der Waals surface area contributed by atoms with Crippen LogP contribution in [0.25, 0.3) is 0 Å². The number of hydrogen-bond acceptors (Lipinski definition) is 9. The highest BCUT2D eigenvalue weighted by Gasteiger charge is 2.18. The van der Waals surface area contributed by atoms with E-state index in [1.807, 2.05) is 0 Å². The van der Waals surface area contributed by atoms with Crippen LogP contribution < -0.4 is 0 Å². The van der Waals surface area contributed by atoms with Crippen molar-refractivity contribution < 1.29 is 38.1 Å². The van der Waals surface area contributed by atoms with E-state index in [0.717, 1.165) is 83.8 Å². The Morgan fingerprint density at radius 3 is 1.64 bits per heavy atom. The molecule has 0 rings (SSSR count). The van der Waals surface area contributed by atoms with Gasteiger partial charge in [0.2, 0.25) is 0 Å². The van der Waals surface area contributed by atoms with Crippen LogP contribution in [0.5, 0.6) is 0 Å². The number of hydrogen-bond donors (Lipinski definition) is 0. The Kier molecular flexibility index (Phi) is 40.3. The van der Waals surface area contributed by atoms with Gasteiger partial charge in [0.15, 0.2) is 0 Å². The summed E-state index contributed by atoms with van der Waals surface area (Å²) >= 11 is 0. The van der Waals surface area contributed by atoms with E-state index in [4.69, 9.17) is 23.7 Å². The van der Waals surface area contributed by atoms with E-state index in [1.54, 1.807) is 0 Å². The Labute approximate surface area is 356 Å². The smallest absolute Gasteiger partial charge is 0.498 e. The van der Waals surface area contributed by atoms with Crippen LogP contribution in [0, 0.1) is 11.8 Å². The third-order valence-corrected chi connectivity index (χ3v) is 10.5. The van der Waals surface area contributed by atoms with Gasteiger partial charge in [-0.1, -0.05) is 136 Å². The van der Waals surface area contributed by atoms with Crippen LogP contribution in [0.3, 0.4) is 0 Å². The first kappa shape index (κ1) is 55.2. The van der Waals surface area contributed by atoms with Crippen molar-refractivity contribution in [3.8, 4) is 0 Å². The molecule has 0 bridgehead atoms. The van der Waals surface area contributed by atoms with Crippen molar-refractivity contribution in [1.29, 1.82) is 0 Å². The highest BCUT2D eigenvalue weighted by molar-refractivity contribution is 5.70. The summed E-state index contributed by atoms with van der Waals surface area (Å²) in [7, 11) is 0. The van der Waals surface area contributed by atoms with Gasteiger partial charge in [0.25, 0.3) is 0 Å². The second-order valence-electron chi connectivity index (χ2n) is 15.9. The van der Waals surface area contributed by atoms with E-state index < -0.39 is 6.16 Å². The van der Waals surface area contributed by atoms with Gasteiger partial charge in [-0.25, -0.2) is 4.79 Å². The SMILES string of the molecule is C=C(CCCCCCC/C=C\C/C=C\CCCCC)OCC(COC(=O)CCCCC(=O)OCC(CCCC)CCCCCC)COC(=O)OCCCN(CC)CC. The summed E-state index contributed by atoms with van der Waals surface area (Å²) in [5.41, 5.74) is 0. The Morgan fingerprint density at radius 1 is 0.500 bits per heavy atom. The van der Waals surface area contributed by atoms with Gasteiger partial charge in [-0.2, -0.15) is 0 Å². The quantitative estimate of drug-likeness (QED) is 0.0196. The monoisotopic (exact) mass is 820 g/mol. The lowest BCUT2D eigenvalue weighted by molar-refractivity contribution is -0.148. The lowest BCUT2D eigenvalue weighted by Crippen LogP contribution is -2.26. The number of carbonyl (C=O) groups excluding carboxylic acids is 3. The number of rotatable bonds is 42. The molecule has 9 heteroatoms. The maximum atomic E-state index is 12.6. The second kappa shape index (κ2) is 42.3. The largest absolute Gasteiger partial charge is 0.508 e. The third-order valence-electron chi connectivity index (χ3n) is 10.5. The Bertz CT molecular complexity index is 1040. The lowest BCUT2D eigenvalue weighted by Gasteiger charge is -2.19. The van der Waals surface area contributed by atoms with Gasteiger partial charge in [0, 0.05) is 25.8 Å².